The summed E-state index contributed by atoms with van der Waals surface area (Å²) in [5.41, 5.74) is 9.72. The van der Waals surface area contributed by atoms with Crippen LogP contribution in [0.2, 0.25) is 0 Å². The van der Waals surface area contributed by atoms with Gasteiger partial charge in [-0.25, -0.2) is 0 Å². The molecule has 0 aliphatic heterocycles. The molecule has 0 unspecified atom stereocenters. The molecule has 0 radical (unpaired) electrons. The average Bonchev–Trinajstić information content (AvgIpc) is 2.93. The minimum atomic E-state index is 0.483. The van der Waals surface area contributed by atoms with Crippen molar-refractivity contribution in [2.75, 3.05) is 5.73 Å². The minimum absolute atomic E-state index is 0.483. The predicted octanol–water partition coefficient (Wildman–Crippen LogP) is 3.98. The number of anilines is 1. The van der Waals surface area contributed by atoms with Crippen molar-refractivity contribution in [1.29, 1.82) is 0 Å². The SMILES string of the molecule is Cc1ccc(Cc2noc(-c3ccc(Br)c(N)c3)n2)cc1. The largest absolute Gasteiger partial charge is 0.398 e. The number of hydrogen-bond acceptors (Lipinski definition) is 4. The third-order valence-electron chi connectivity index (χ3n) is 3.19. The van der Waals surface area contributed by atoms with Crippen LogP contribution in [0, 0.1) is 6.92 Å². The zero-order valence-corrected chi connectivity index (χ0v) is 13.1. The quantitative estimate of drug-likeness (QED) is 0.730. The molecule has 0 fully saturated rings. The van der Waals surface area contributed by atoms with E-state index < -0.39 is 0 Å². The van der Waals surface area contributed by atoms with Gasteiger partial charge in [0.25, 0.3) is 5.89 Å². The molecule has 1 aromatic heterocycles. The molecule has 0 aliphatic carbocycles. The molecule has 0 atom stereocenters. The van der Waals surface area contributed by atoms with Gasteiger partial charge in [-0.05, 0) is 46.6 Å². The molecule has 1 heterocycles. The van der Waals surface area contributed by atoms with E-state index in [0.29, 0.717) is 23.8 Å². The fraction of sp³-hybridized carbons (Fsp3) is 0.125. The van der Waals surface area contributed by atoms with Crippen LogP contribution in [0.3, 0.4) is 0 Å². The van der Waals surface area contributed by atoms with Crippen molar-refractivity contribution in [2.24, 2.45) is 0 Å². The van der Waals surface area contributed by atoms with Crippen LogP contribution in [0.25, 0.3) is 11.5 Å². The summed E-state index contributed by atoms with van der Waals surface area (Å²) in [6, 6.07) is 13.9. The second kappa shape index (κ2) is 5.69. The van der Waals surface area contributed by atoms with E-state index >= 15 is 0 Å². The molecule has 0 spiro atoms. The zero-order valence-electron chi connectivity index (χ0n) is 11.5. The van der Waals surface area contributed by atoms with Gasteiger partial charge in [0.1, 0.15) is 0 Å². The van der Waals surface area contributed by atoms with E-state index in [0.717, 1.165) is 15.6 Å². The van der Waals surface area contributed by atoms with Crippen LogP contribution >= 0.6 is 15.9 Å². The first-order valence-electron chi connectivity index (χ1n) is 6.55. The normalized spacial score (nSPS) is 10.8. The number of nitrogens with zero attached hydrogens (tertiary/aromatic N) is 2. The summed E-state index contributed by atoms with van der Waals surface area (Å²) in [4.78, 5) is 4.42. The summed E-state index contributed by atoms with van der Waals surface area (Å²) < 4.78 is 6.16. The van der Waals surface area contributed by atoms with Crippen molar-refractivity contribution >= 4 is 21.6 Å². The average molecular weight is 344 g/mol. The number of aryl methyl sites for hydroxylation is 1. The van der Waals surface area contributed by atoms with Gasteiger partial charge in [0.15, 0.2) is 5.82 Å². The third-order valence-corrected chi connectivity index (χ3v) is 3.92. The summed E-state index contributed by atoms with van der Waals surface area (Å²) in [5, 5.41) is 4.02. The maximum Gasteiger partial charge on any atom is 0.258 e. The number of benzene rings is 2. The highest BCUT2D eigenvalue weighted by Gasteiger charge is 2.10. The summed E-state index contributed by atoms with van der Waals surface area (Å²) >= 11 is 3.37. The van der Waals surface area contributed by atoms with Gasteiger partial charge in [-0.15, -0.1) is 0 Å². The van der Waals surface area contributed by atoms with Crippen molar-refractivity contribution in [2.45, 2.75) is 13.3 Å². The van der Waals surface area contributed by atoms with E-state index in [4.69, 9.17) is 10.3 Å². The maximum absolute atomic E-state index is 5.87. The predicted molar refractivity (Wildman–Crippen MR) is 85.8 cm³/mol. The second-order valence-corrected chi connectivity index (χ2v) is 5.77. The van der Waals surface area contributed by atoms with Gasteiger partial charge in [0, 0.05) is 22.1 Å². The maximum atomic E-state index is 5.87. The highest BCUT2D eigenvalue weighted by molar-refractivity contribution is 9.10. The van der Waals surface area contributed by atoms with Crippen LogP contribution in [-0.4, -0.2) is 10.1 Å². The Morgan fingerprint density at radius 3 is 2.62 bits per heavy atom. The molecule has 21 heavy (non-hydrogen) atoms. The smallest absolute Gasteiger partial charge is 0.258 e. The van der Waals surface area contributed by atoms with Crippen LogP contribution in [0.4, 0.5) is 5.69 Å². The van der Waals surface area contributed by atoms with Crippen LogP contribution in [-0.2, 0) is 6.42 Å². The molecule has 3 aromatic rings. The second-order valence-electron chi connectivity index (χ2n) is 4.91. The zero-order chi connectivity index (χ0) is 14.8. The van der Waals surface area contributed by atoms with Crippen molar-refractivity contribution in [3.63, 3.8) is 0 Å². The summed E-state index contributed by atoms with van der Waals surface area (Å²) in [6.45, 7) is 2.06. The Morgan fingerprint density at radius 2 is 1.90 bits per heavy atom. The molecule has 4 nitrogen and oxygen atoms in total. The van der Waals surface area contributed by atoms with E-state index in [-0.39, 0.29) is 0 Å². The highest BCUT2D eigenvalue weighted by atomic mass is 79.9. The number of halogens is 1. The summed E-state index contributed by atoms with van der Waals surface area (Å²) in [7, 11) is 0. The molecule has 0 amide bonds. The third kappa shape index (κ3) is 3.13. The topological polar surface area (TPSA) is 64.9 Å². The lowest BCUT2D eigenvalue weighted by Crippen LogP contribution is -1.91. The van der Waals surface area contributed by atoms with Crippen LogP contribution in [0.5, 0.6) is 0 Å². The van der Waals surface area contributed by atoms with E-state index in [9.17, 15) is 0 Å². The first-order valence-corrected chi connectivity index (χ1v) is 7.34. The molecule has 2 N–H and O–H groups in total. The highest BCUT2D eigenvalue weighted by Crippen LogP contribution is 2.26. The molecule has 2 aromatic carbocycles. The Bertz CT molecular complexity index is 765. The summed E-state index contributed by atoms with van der Waals surface area (Å²) in [6.07, 6.45) is 0.649. The lowest BCUT2D eigenvalue weighted by atomic mass is 10.1. The lowest BCUT2D eigenvalue weighted by molar-refractivity contribution is 0.424. The van der Waals surface area contributed by atoms with Crippen molar-refractivity contribution in [3.8, 4) is 11.5 Å². The molecule has 106 valence electrons. The molecule has 3 rings (SSSR count). The van der Waals surface area contributed by atoms with Gasteiger partial charge < -0.3 is 10.3 Å². The van der Waals surface area contributed by atoms with Crippen LogP contribution in [0.15, 0.2) is 51.5 Å². The molecule has 0 saturated carbocycles. The summed E-state index contributed by atoms with van der Waals surface area (Å²) in [5.74, 6) is 1.15. The first-order chi connectivity index (χ1) is 10.1. The van der Waals surface area contributed by atoms with Crippen molar-refractivity contribution in [3.05, 3.63) is 63.9 Å². The monoisotopic (exact) mass is 343 g/mol. The molecule has 5 heteroatoms. The van der Waals surface area contributed by atoms with Crippen LogP contribution < -0.4 is 5.73 Å². The van der Waals surface area contributed by atoms with Gasteiger partial charge in [0.2, 0.25) is 0 Å². The lowest BCUT2D eigenvalue weighted by Gasteiger charge is -1.99. The van der Waals surface area contributed by atoms with Crippen molar-refractivity contribution < 1.29 is 4.52 Å². The number of nitrogens with two attached hydrogens (primary N) is 1. The van der Waals surface area contributed by atoms with Crippen molar-refractivity contribution in [1.82, 2.24) is 10.1 Å². The Kier molecular flexibility index (Phi) is 3.75. The standard InChI is InChI=1S/C16H14BrN3O/c1-10-2-4-11(5-3-10)8-15-19-16(21-20-15)12-6-7-13(17)14(18)9-12/h2-7,9H,8,18H2,1H3. The van der Waals surface area contributed by atoms with E-state index in [2.05, 4.69) is 57.3 Å². The Balaban J connectivity index is 1.82. The van der Waals surface area contributed by atoms with Gasteiger partial charge >= 0.3 is 0 Å². The number of nitrogen functional groups attached to an aromatic ring is 1. The van der Waals surface area contributed by atoms with E-state index in [1.807, 2.05) is 18.2 Å². The van der Waals surface area contributed by atoms with Gasteiger partial charge in [0.05, 0.1) is 0 Å². The fourth-order valence-corrected chi connectivity index (χ4v) is 2.25. The molecule has 0 bridgehead atoms. The van der Waals surface area contributed by atoms with Gasteiger partial charge in [-0.3, -0.25) is 0 Å². The molecular weight excluding hydrogens is 330 g/mol. The fourth-order valence-electron chi connectivity index (χ4n) is 2.01. The molecular formula is C16H14BrN3O. The van der Waals surface area contributed by atoms with Crippen LogP contribution in [0.1, 0.15) is 17.0 Å². The number of rotatable bonds is 3. The number of aromatic nitrogens is 2. The number of hydrogen-bond donors (Lipinski definition) is 1. The Labute approximate surface area is 131 Å². The molecule has 0 saturated heterocycles. The van der Waals surface area contributed by atoms with E-state index in [1.54, 1.807) is 0 Å². The van der Waals surface area contributed by atoms with Gasteiger partial charge in [-0.1, -0.05) is 35.0 Å². The first kappa shape index (κ1) is 13.8. The minimum Gasteiger partial charge on any atom is -0.398 e. The van der Waals surface area contributed by atoms with Gasteiger partial charge in [-0.2, -0.15) is 4.98 Å². The van der Waals surface area contributed by atoms with E-state index in [1.165, 1.54) is 5.56 Å². The Morgan fingerprint density at radius 1 is 1.14 bits per heavy atom. The molecule has 0 aliphatic rings. The Hall–Kier alpha value is -2.14.